The van der Waals surface area contributed by atoms with Gasteiger partial charge in [-0.25, -0.2) is 13.2 Å². The molecule has 1 amide bonds. The van der Waals surface area contributed by atoms with Crippen LogP contribution in [0.4, 0.5) is 4.79 Å². The first kappa shape index (κ1) is 20.2. The minimum Gasteiger partial charge on any atom is -0.444 e. The van der Waals surface area contributed by atoms with Gasteiger partial charge in [0.25, 0.3) is 0 Å². The van der Waals surface area contributed by atoms with Crippen molar-refractivity contribution < 1.29 is 17.9 Å². The first-order valence-corrected chi connectivity index (χ1v) is 10.3. The highest BCUT2D eigenvalue weighted by molar-refractivity contribution is 7.91. The monoisotopic (exact) mass is 348 g/mol. The van der Waals surface area contributed by atoms with Gasteiger partial charge in [0.1, 0.15) is 15.4 Å². The third kappa shape index (κ3) is 7.08. The van der Waals surface area contributed by atoms with Gasteiger partial charge in [0.15, 0.2) is 0 Å². The van der Waals surface area contributed by atoms with E-state index in [1.165, 1.54) is 0 Å². The number of carbonyl (C=O) groups is 1. The van der Waals surface area contributed by atoms with Gasteiger partial charge in [0.05, 0.1) is 5.75 Å². The van der Waals surface area contributed by atoms with Crippen molar-refractivity contribution in [3.63, 3.8) is 0 Å². The summed E-state index contributed by atoms with van der Waals surface area (Å²) in [6.45, 7) is 8.64. The second kappa shape index (κ2) is 8.33. The van der Waals surface area contributed by atoms with E-state index in [0.29, 0.717) is 25.4 Å². The van der Waals surface area contributed by atoms with Crippen LogP contribution < -0.4 is 5.32 Å². The van der Waals surface area contributed by atoms with Crippen molar-refractivity contribution in [3.8, 4) is 0 Å². The van der Waals surface area contributed by atoms with Gasteiger partial charge in [0.2, 0.25) is 0 Å². The standard InChI is InChI=1S/C16H32N2O4S/c1-6-23(20,21)11-7-8-14(17-5)13-9-10-18(12-13)15(19)22-16(2,3)4/h13-14,17H,6-12H2,1-5H3. The van der Waals surface area contributed by atoms with E-state index in [2.05, 4.69) is 5.32 Å². The number of hydrogen-bond acceptors (Lipinski definition) is 5. The molecular formula is C16H32N2O4S. The fourth-order valence-electron chi connectivity index (χ4n) is 2.89. The van der Waals surface area contributed by atoms with Crippen molar-refractivity contribution in [2.45, 2.75) is 58.6 Å². The van der Waals surface area contributed by atoms with E-state index >= 15 is 0 Å². The van der Waals surface area contributed by atoms with Crippen molar-refractivity contribution in [1.82, 2.24) is 10.2 Å². The summed E-state index contributed by atoms with van der Waals surface area (Å²) in [5, 5.41) is 3.28. The molecule has 1 saturated heterocycles. The van der Waals surface area contributed by atoms with Crippen molar-refractivity contribution in [3.05, 3.63) is 0 Å². The largest absolute Gasteiger partial charge is 0.444 e. The average Bonchev–Trinajstić information content (AvgIpc) is 2.91. The van der Waals surface area contributed by atoms with Crippen LogP contribution in [0.1, 0.15) is 47.0 Å². The zero-order valence-corrected chi connectivity index (χ0v) is 15.9. The number of nitrogens with one attached hydrogen (secondary N) is 1. The molecular weight excluding hydrogens is 316 g/mol. The van der Waals surface area contributed by atoms with E-state index in [4.69, 9.17) is 4.74 Å². The summed E-state index contributed by atoms with van der Waals surface area (Å²) in [6.07, 6.45) is 2.13. The van der Waals surface area contributed by atoms with E-state index < -0.39 is 15.4 Å². The van der Waals surface area contributed by atoms with E-state index in [9.17, 15) is 13.2 Å². The average molecular weight is 349 g/mol. The predicted octanol–water partition coefficient (Wildman–Crippen LogP) is 2.05. The molecule has 1 N–H and O–H groups in total. The molecule has 0 aromatic rings. The van der Waals surface area contributed by atoms with E-state index in [1.807, 2.05) is 27.8 Å². The molecule has 23 heavy (non-hydrogen) atoms. The quantitative estimate of drug-likeness (QED) is 0.762. The van der Waals surface area contributed by atoms with Crippen LogP contribution in [0.3, 0.4) is 0 Å². The number of ether oxygens (including phenoxy) is 1. The Bertz CT molecular complexity index is 485. The third-order valence-electron chi connectivity index (χ3n) is 4.23. The van der Waals surface area contributed by atoms with Crippen LogP contribution in [0.2, 0.25) is 0 Å². The van der Waals surface area contributed by atoms with Crippen molar-refractivity contribution in [2.24, 2.45) is 5.92 Å². The molecule has 0 radical (unpaired) electrons. The molecule has 0 aromatic carbocycles. The summed E-state index contributed by atoms with van der Waals surface area (Å²) in [7, 11) is -1.01. The highest BCUT2D eigenvalue weighted by Gasteiger charge is 2.33. The lowest BCUT2D eigenvalue weighted by molar-refractivity contribution is 0.0285. The number of amides is 1. The minimum atomic E-state index is -2.90. The van der Waals surface area contributed by atoms with Crippen molar-refractivity contribution in [2.75, 3.05) is 31.6 Å². The molecule has 2 atom stereocenters. The summed E-state index contributed by atoms with van der Waals surface area (Å²) in [4.78, 5) is 13.9. The summed E-state index contributed by atoms with van der Waals surface area (Å²) < 4.78 is 28.6. The Hall–Kier alpha value is -0.820. The third-order valence-corrected chi connectivity index (χ3v) is 6.02. The van der Waals surface area contributed by atoms with Crippen LogP contribution in [0, 0.1) is 5.92 Å². The number of likely N-dealkylation sites (tertiary alicyclic amines) is 1. The van der Waals surface area contributed by atoms with Crippen LogP contribution in [-0.2, 0) is 14.6 Å². The first-order chi connectivity index (χ1) is 10.6. The Morgan fingerprint density at radius 3 is 2.57 bits per heavy atom. The highest BCUT2D eigenvalue weighted by atomic mass is 32.2. The Labute approximate surface area is 140 Å². The normalized spacial score (nSPS) is 20.6. The molecule has 0 bridgehead atoms. The van der Waals surface area contributed by atoms with Gasteiger partial charge in [-0.2, -0.15) is 0 Å². The molecule has 7 heteroatoms. The maximum Gasteiger partial charge on any atom is 0.410 e. The zero-order chi connectivity index (χ0) is 17.7. The Balaban J connectivity index is 2.47. The second-order valence-electron chi connectivity index (χ2n) is 7.25. The molecule has 1 rings (SSSR count). The van der Waals surface area contributed by atoms with E-state index in [-0.39, 0.29) is 23.6 Å². The van der Waals surface area contributed by atoms with Gasteiger partial charge < -0.3 is 15.0 Å². The number of rotatable bonds is 7. The van der Waals surface area contributed by atoms with E-state index in [1.54, 1.807) is 11.8 Å². The molecule has 0 spiro atoms. The van der Waals surface area contributed by atoms with Crippen LogP contribution in [0.15, 0.2) is 0 Å². The Morgan fingerprint density at radius 2 is 2.04 bits per heavy atom. The molecule has 6 nitrogen and oxygen atoms in total. The summed E-state index contributed by atoms with van der Waals surface area (Å²) >= 11 is 0. The number of carbonyl (C=O) groups excluding carboxylic acids is 1. The van der Waals surface area contributed by atoms with Gasteiger partial charge in [-0.1, -0.05) is 6.92 Å². The molecule has 0 saturated carbocycles. The smallest absolute Gasteiger partial charge is 0.410 e. The number of sulfone groups is 1. The molecule has 1 aliphatic rings. The van der Waals surface area contributed by atoms with Crippen LogP contribution in [-0.4, -0.2) is 62.7 Å². The van der Waals surface area contributed by atoms with Gasteiger partial charge in [0, 0.05) is 24.9 Å². The fraction of sp³-hybridized carbons (Fsp3) is 0.938. The van der Waals surface area contributed by atoms with Crippen LogP contribution in [0.5, 0.6) is 0 Å². The molecule has 1 fully saturated rings. The van der Waals surface area contributed by atoms with Gasteiger partial charge in [-0.3, -0.25) is 0 Å². The zero-order valence-electron chi connectivity index (χ0n) is 15.1. The summed E-state index contributed by atoms with van der Waals surface area (Å²) in [5.41, 5.74) is -0.480. The van der Waals surface area contributed by atoms with Crippen molar-refractivity contribution >= 4 is 15.9 Å². The summed E-state index contributed by atoms with van der Waals surface area (Å²) in [6, 6.07) is 0.231. The topological polar surface area (TPSA) is 75.7 Å². The van der Waals surface area contributed by atoms with Gasteiger partial charge in [-0.05, 0) is 53.0 Å². The maximum absolute atomic E-state index is 12.1. The van der Waals surface area contributed by atoms with Crippen LogP contribution in [0.25, 0.3) is 0 Å². The van der Waals surface area contributed by atoms with Crippen LogP contribution >= 0.6 is 0 Å². The number of nitrogens with zero attached hydrogens (tertiary/aromatic N) is 1. The minimum absolute atomic E-state index is 0.201. The van der Waals surface area contributed by atoms with E-state index in [0.717, 1.165) is 12.8 Å². The van der Waals surface area contributed by atoms with Gasteiger partial charge >= 0.3 is 6.09 Å². The summed E-state index contributed by atoms with van der Waals surface area (Å²) in [5.74, 6) is 0.786. The number of hydrogen-bond donors (Lipinski definition) is 1. The molecule has 1 heterocycles. The molecule has 0 aromatic heterocycles. The highest BCUT2D eigenvalue weighted by Crippen LogP contribution is 2.24. The second-order valence-corrected chi connectivity index (χ2v) is 9.72. The molecule has 0 aliphatic carbocycles. The lowest BCUT2D eigenvalue weighted by Gasteiger charge is -2.26. The molecule has 136 valence electrons. The van der Waals surface area contributed by atoms with Crippen molar-refractivity contribution in [1.29, 1.82) is 0 Å². The SMILES string of the molecule is CCS(=O)(=O)CCCC(NC)C1CCN(C(=O)OC(C)(C)C)C1. The molecule has 1 aliphatic heterocycles. The first-order valence-electron chi connectivity index (χ1n) is 8.43. The predicted molar refractivity (Wildman–Crippen MR) is 92.3 cm³/mol. The lowest BCUT2D eigenvalue weighted by atomic mass is 9.95. The fourth-order valence-corrected chi connectivity index (χ4v) is 3.79. The Morgan fingerprint density at radius 1 is 1.39 bits per heavy atom. The molecule has 2 unspecified atom stereocenters. The maximum atomic E-state index is 12.1. The Kier molecular flexibility index (Phi) is 7.32. The van der Waals surface area contributed by atoms with Gasteiger partial charge in [-0.15, -0.1) is 0 Å². The lowest BCUT2D eigenvalue weighted by Crippen LogP contribution is -2.39.